The second-order valence-corrected chi connectivity index (χ2v) is 7.68. The van der Waals surface area contributed by atoms with Crippen LogP contribution in [0.2, 0.25) is 0 Å². The molecule has 0 spiro atoms. The number of aryl methyl sites for hydroxylation is 2. The number of nitrogens with one attached hydrogen (secondary N) is 1. The molecule has 7 nitrogen and oxygen atoms in total. The molecule has 1 saturated heterocycles. The summed E-state index contributed by atoms with van der Waals surface area (Å²) in [6.45, 7) is 4.65. The van der Waals surface area contributed by atoms with Crippen LogP contribution in [0, 0.1) is 13.8 Å². The van der Waals surface area contributed by atoms with Gasteiger partial charge in [0.2, 0.25) is 5.76 Å². The zero-order valence-corrected chi connectivity index (χ0v) is 16.0. The zero-order valence-electron chi connectivity index (χ0n) is 15.2. The predicted molar refractivity (Wildman–Crippen MR) is 102 cm³/mol. The minimum Gasteiger partial charge on any atom is -0.436 e. The third-order valence-corrected chi connectivity index (χ3v) is 5.62. The van der Waals surface area contributed by atoms with Crippen molar-refractivity contribution in [3.8, 4) is 10.6 Å². The van der Waals surface area contributed by atoms with E-state index in [0.717, 1.165) is 17.7 Å². The smallest absolute Gasteiger partial charge is 0.291 e. The molecule has 0 aliphatic carbocycles. The summed E-state index contributed by atoms with van der Waals surface area (Å²) in [4.78, 5) is 39.4. The Kier molecular flexibility index (Phi) is 4.65. The summed E-state index contributed by atoms with van der Waals surface area (Å²) in [7, 11) is 0. The van der Waals surface area contributed by atoms with Gasteiger partial charge in [-0.2, -0.15) is 0 Å². The fourth-order valence-corrected chi connectivity index (χ4v) is 4.16. The Morgan fingerprint density at radius 2 is 2.22 bits per heavy atom. The van der Waals surface area contributed by atoms with Crippen molar-refractivity contribution in [3.05, 3.63) is 57.1 Å². The van der Waals surface area contributed by atoms with Crippen molar-refractivity contribution >= 4 is 17.2 Å². The number of aromatic amines is 1. The van der Waals surface area contributed by atoms with Crippen LogP contribution in [-0.2, 0) is 0 Å². The highest BCUT2D eigenvalue weighted by molar-refractivity contribution is 7.13. The summed E-state index contributed by atoms with van der Waals surface area (Å²) in [5.41, 5.74) is 1.10. The van der Waals surface area contributed by atoms with Gasteiger partial charge in [0.15, 0.2) is 5.89 Å². The molecule has 1 atom stereocenters. The van der Waals surface area contributed by atoms with Gasteiger partial charge in [-0.05, 0) is 31.2 Å². The number of piperidine rings is 1. The molecular weight excluding hydrogens is 364 g/mol. The van der Waals surface area contributed by atoms with E-state index >= 15 is 0 Å². The third-order valence-electron chi connectivity index (χ3n) is 4.73. The van der Waals surface area contributed by atoms with Gasteiger partial charge in [-0.15, -0.1) is 11.3 Å². The molecule has 1 N–H and O–H groups in total. The Morgan fingerprint density at radius 1 is 1.37 bits per heavy atom. The first-order chi connectivity index (χ1) is 13.0. The number of likely N-dealkylation sites (tertiary alicyclic amines) is 1. The van der Waals surface area contributed by atoms with E-state index in [2.05, 4.69) is 15.0 Å². The van der Waals surface area contributed by atoms with E-state index in [1.54, 1.807) is 30.1 Å². The predicted octanol–water partition coefficient (Wildman–Crippen LogP) is 3.12. The van der Waals surface area contributed by atoms with Crippen LogP contribution in [0.15, 0.2) is 32.8 Å². The zero-order chi connectivity index (χ0) is 19.0. The van der Waals surface area contributed by atoms with Crippen LogP contribution in [-0.4, -0.2) is 38.8 Å². The fourth-order valence-electron chi connectivity index (χ4n) is 3.48. The lowest BCUT2D eigenvalue weighted by atomic mass is 9.96. The lowest BCUT2D eigenvalue weighted by Gasteiger charge is -2.31. The Bertz CT molecular complexity index is 1020. The molecule has 4 heterocycles. The van der Waals surface area contributed by atoms with E-state index in [1.165, 1.54) is 6.07 Å². The average molecular weight is 384 g/mol. The molecule has 140 valence electrons. The third kappa shape index (κ3) is 3.57. The molecule has 0 unspecified atom stereocenters. The highest BCUT2D eigenvalue weighted by Gasteiger charge is 2.30. The number of carbonyl (C=O) groups excluding carboxylic acids is 1. The fraction of sp³-hybridized carbons (Fsp3) is 0.368. The van der Waals surface area contributed by atoms with Crippen LogP contribution in [0.4, 0.5) is 0 Å². The van der Waals surface area contributed by atoms with Crippen LogP contribution in [0.5, 0.6) is 0 Å². The molecule has 0 saturated carbocycles. The maximum Gasteiger partial charge on any atom is 0.291 e. The molecule has 8 heteroatoms. The molecule has 0 bridgehead atoms. The van der Waals surface area contributed by atoms with Crippen molar-refractivity contribution in [1.29, 1.82) is 0 Å². The number of H-pyrrole nitrogens is 1. The highest BCUT2D eigenvalue weighted by Crippen LogP contribution is 2.28. The van der Waals surface area contributed by atoms with Gasteiger partial charge < -0.3 is 14.3 Å². The van der Waals surface area contributed by atoms with E-state index in [0.29, 0.717) is 42.0 Å². The average Bonchev–Trinajstić information content (AvgIpc) is 3.30. The second kappa shape index (κ2) is 7.11. The van der Waals surface area contributed by atoms with Gasteiger partial charge in [-0.25, -0.2) is 9.97 Å². The van der Waals surface area contributed by atoms with Gasteiger partial charge >= 0.3 is 0 Å². The first-order valence-corrected chi connectivity index (χ1v) is 9.77. The number of rotatable bonds is 3. The number of carbonyl (C=O) groups is 1. The normalized spacial score (nSPS) is 17.3. The van der Waals surface area contributed by atoms with E-state index in [9.17, 15) is 9.59 Å². The molecule has 4 rings (SSSR count). The van der Waals surface area contributed by atoms with Crippen LogP contribution in [0.3, 0.4) is 0 Å². The monoisotopic (exact) mass is 384 g/mol. The molecule has 1 aliphatic rings. The molecule has 3 aromatic rings. The first-order valence-electron chi connectivity index (χ1n) is 8.89. The Labute approximate surface area is 160 Å². The van der Waals surface area contributed by atoms with Crippen molar-refractivity contribution in [2.75, 3.05) is 13.1 Å². The molecule has 1 fully saturated rings. The molecule has 1 amide bonds. The largest absolute Gasteiger partial charge is 0.436 e. The Balaban J connectivity index is 1.59. The van der Waals surface area contributed by atoms with Crippen molar-refractivity contribution in [2.24, 2.45) is 0 Å². The van der Waals surface area contributed by atoms with E-state index in [1.807, 2.05) is 17.5 Å². The number of amides is 1. The number of thiophene rings is 1. The van der Waals surface area contributed by atoms with E-state index in [4.69, 9.17) is 4.42 Å². The standard InChI is InChI=1S/C19H20N4O3S/c1-11-17(26-12(2)20-11)19(25)23-7-3-5-13(10-23)18-21-14(9-16(24)22-18)15-6-4-8-27-15/h4,6,8-9,13H,3,5,7,10H2,1-2H3,(H,21,22,24)/t13-/m1/s1. The van der Waals surface area contributed by atoms with Crippen LogP contribution >= 0.6 is 11.3 Å². The summed E-state index contributed by atoms with van der Waals surface area (Å²) in [5.74, 6) is 1.24. The molecule has 0 aromatic carbocycles. The molecule has 3 aromatic heterocycles. The van der Waals surface area contributed by atoms with Gasteiger partial charge in [-0.3, -0.25) is 9.59 Å². The molecule has 27 heavy (non-hydrogen) atoms. The number of hydrogen-bond donors (Lipinski definition) is 1. The Hall–Kier alpha value is -2.74. The van der Waals surface area contributed by atoms with Crippen molar-refractivity contribution in [1.82, 2.24) is 19.9 Å². The lowest BCUT2D eigenvalue weighted by molar-refractivity contribution is 0.0670. The summed E-state index contributed by atoms with van der Waals surface area (Å²) in [5, 5.41) is 1.96. The lowest BCUT2D eigenvalue weighted by Crippen LogP contribution is -2.40. The van der Waals surface area contributed by atoms with Crippen molar-refractivity contribution in [3.63, 3.8) is 0 Å². The highest BCUT2D eigenvalue weighted by atomic mass is 32.1. The molecule has 1 aliphatic heterocycles. The minimum atomic E-state index is -0.173. The summed E-state index contributed by atoms with van der Waals surface area (Å²) in [6.07, 6.45) is 1.71. The van der Waals surface area contributed by atoms with Gasteiger partial charge in [-0.1, -0.05) is 6.07 Å². The number of hydrogen-bond acceptors (Lipinski definition) is 6. The first kappa shape index (κ1) is 17.7. The number of aromatic nitrogens is 3. The van der Waals surface area contributed by atoms with Crippen molar-refractivity contribution < 1.29 is 9.21 Å². The summed E-state index contributed by atoms with van der Waals surface area (Å²) >= 11 is 1.55. The second-order valence-electron chi connectivity index (χ2n) is 6.73. The molecule has 0 radical (unpaired) electrons. The topological polar surface area (TPSA) is 92.1 Å². The van der Waals surface area contributed by atoms with Gasteiger partial charge in [0.1, 0.15) is 5.82 Å². The number of oxazole rings is 1. The van der Waals surface area contributed by atoms with Gasteiger partial charge in [0.25, 0.3) is 11.5 Å². The Morgan fingerprint density at radius 3 is 2.93 bits per heavy atom. The maximum absolute atomic E-state index is 12.8. The maximum atomic E-state index is 12.8. The quantitative estimate of drug-likeness (QED) is 0.749. The van der Waals surface area contributed by atoms with E-state index < -0.39 is 0 Å². The van der Waals surface area contributed by atoms with Crippen LogP contribution in [0.25, 0.3) is 10.6 Å². The minimum absolute atomic E-state index is 0.0142. The number of nitrogens with zero attached hydrogens (tertiary/aromatic N) is 3. The van der Waals surface area contributed by atoms with Crippen LogP contribution in [0.1, 0.15) is 46.7 Å². The van der Waals surface area contributed by atoms with E-state index in [-0.39, 0.29) is 17.4 Å². The molecular formula is C19H20N4O3S. The summed E-state index contributed by atoms with van der Waals surface area (Å²) in [6, 6.07) is 5.40. The van der Waals surface area contributed by atoms with Crippen LogP contribution < -0.4 is 5.56 Å². The van der Waals surface area contributed by atoms with Gasteiger partial charge in [0, 0.05) is 32.0 Å². The van der Waals surface area contributed by atoms with Crippen molar-refractivity contribution in [2.45, 2.75) is 32.6 Å². The SMILES string of the molecule is Cc1nc(C)c(C(=O)N2CCC[C@@H](c3nc(-c4cccs4)cc(=O)[nH]3)C2)o1. The summed E-state index contributed by atoms with van der Waals surface area (Å²) < 4.78 is 5.48. The van der Waals surface area contributed by atoms with Gasteiger partial charge in [0.05, 0.1) is 16.3 Å².